The van der Waals surface area contributed by atoms with E-state index in [0.29, 0.717) is 16.7 Å². The van der Waals surface area contributed by atoms with Gasteiger partial charge in [0.2, 0.25) is 0 Å². The maximum absolute atomic E-state index is 12.5. The first-order valence-corrected chi connectivity index (χ1v) is 9.78. The number of carbonyl (C=O) groups excluding carboxylic acids is 1. The Kier molecular flexibility index (Phi) is 7.02. The van der Waals surface area contributed by atoms with Gasteiger partial charge >= 0.3 is 5.97 Å². The highest BCUT2D eigenvalue weighted by atomic mass is 16.4. The van der Waals surface area contributed by atoms with Crippen molar-refractivity contribution >= 4 is 41.3 Å². The fraction of sp³-hybridized carbons (Fsp3) is 0.130. The van der Waals surface area contributed by atoms with E-state index in [-0.39, 0.29) is 18.0 Å². The minimum atomic E-state index is -1.19. The Labute approximate surface area is 184 Å². The SMILES string of the molecule is C/C=N\N1Cc2cc(/C(C=Nc3ccccc3)=C/N)ccc2C(O)=C1C(=O)NCC(=O)O. The van der Waals surface area contributed by atoms with E-state index in [9.17, 15) is 14.7 Å². The van der Waals surface area contributed by atoms with E-state index in [0.717, 1.165) is 11.3 Å². The summed E-state index contributed by atoms with van der Waals surface area (Å²) >= 11 is 0. The number of fused-ring (bicyclic) bond motifs is 1. The van der Waals surface area contributed by atoms with Gasteiger partial charge in [0.05, 0.1) is 12.2 Å². The van der Waals surface area contributed by atoms with Crippen LogP contribution in [0.2, 0.25) is 0 Å². The lowest BCUT2D eigenvalue weighted by molar-refractivity contribution is -0.137. The van der Waals surface area contributed by atoms with Crippen molar-refractivity contribution in [2.24, 2.45) is 15.8 Å². The number of hydrogen-bond donors (Lipinski definition) is 4. The smallest absolute Gasteiger partial charge is 0.322 e. The van der Waals surface area contributed by atoms with Crippen molar-refractivity contribution in [2.75, 3.05) is 6.54 Å². The fourth-order valence-corrected chi connectivity index (χ4v) is 3.20. The Hall–Kier alpha value is -4.40. The van der Waals surface area contributed by atoms with E-state index in [1.807, 2.05) is 36.4 Å². The molecule has 9 heteroatoms. The van der Waals surface area contributed by atoms with Crippen molar-refractivity contribution in [1.29, 1.82) is 0 Å². The number of hydrazone groups is 1. The summed E-state index contributed by atoms with van der Waals surface area (Å²) in [6.07, 6.45) is 4.58. The molecule has 0 aromatic heterocycles. The van der Waals surface area contributed by atoms with Gasteiger partial charge in [-0.25, -0.2) is 0 Å². The zero-order valence-electron chi connectivity index (χ0n) is 17.4. The molecule has 1 heterocycles. The van der Waals surface area contributed by atoms with Gasteiger partial charge in [0, 0.05) is 29.8 Å². The number of benzene rings is 2. The Morgan fingerprint density at radius 2 is 1.97 bits per heavy atom. The van der Waals surface area contributed by atoms with Crippen molar-refractivity contribution in [3.8, 4) is 0 Å². The quantitative estimate of drug-likeness (QED) is 0.495. The van der Waals surface area contributed by atoms with Crippen LogP contribution in [-0.2, 0) is 16.1 Å². The highest BCUT2D eigenvalue weighted by molar-refractivity contribution is 6.10. The molecule has 9 nitrogen and oxygen atoms in total. The number of aliphatic carboxylic acids is 1. The molecule has 5 N–H and O–H groups in total. The maximum Gasteiger partial charge on any atom is 0.322 e. The zero-order chi connectivity index (χ0) is 23.1. The largest absolute Gasteiger partial charge is 0.505 e. The third-order valence-corrected chi connectivity index (χ3v) is 4.65. The number of aliphatic hydroxyl groups excluding tert-OH is 1. The summed E-state index contributed by atoms with van der Waals surface area (Å²) in [5, 5.41) is 27.3. The molecule has 0 fully saturated rings. The number of para-hydroxylation sites is 1. The summed E-state index contributed by atoms with van der Waals surface area (Å²) < 4.78 is 0. The predicted octanol–water partition coefficient (Wildman–Crippen LogP) is 2.64. The number of carboxylic acid groups (broad SMARTS) is 1. The molecule has 0 bridgehead atoms. The Balaban J connectivity index is 1.95. The van der Waals surface area contributed by atoms with E-state index in [2.05, 4.69) is 15.4 Å². The second kappa shape index (κ2) is 10.1. The molecule has 2 aromatic carbocycles. The molecule has 0 spiro atoms. The van der Waals surface area contributed by atoms with Crippen LogP contribution in [-0.4, -0.2) is 46.1 Å². The second-order valence-corrected chi connectivity index (χ2v) is 6.79. The van der Waals surface area contributed by atoms with Crippen molar-refractivity contribution in [3.05, 3.63) is 77.1 Å². The van der Waals surface area contributed by atoms with Gasteiger partial charge in [-0.3, -0.25) is 19.6 Å². The van der Waals surface area contributed by atoms with Crippen LogP contribution in [0.15, 0.2) is 70.5 Å². The highest BCUT2D eigenvalue weighted by Crippen LogP contribution is 2.32. The van der Waals surface area contributed by atoms with Crippen LogP contribution in [0.25, 0.3) is 11.3 Å². The first kappa shape index (κ1) is 22.3. The monoisotopic (exact) mass is 433 g/mol. The predicted molar refractivity (Wildman–Crippen MR) is 123 cm³/mol. The van der Waals surface area contributed by atoms with Gasteiger partial charge in [-0.1, -0.05) is 30.3 Å². The van der Waals surface area contributed by atoms with Gasteiger partial charge in [-0.05, 0) is 36.2 Å². The van der Waals surface area contributed by atoms with E-state index in [4.69, 9.17) is 10.8 Å². The van der Waals surface area contributed by atoms with Gasteiger partial charge < -0.3 is 21.3 Å². The number of amides is 1. The summed E-state index contributed by atoms with van der Waals surface area (Å²) in [7, 11) is 0. The summed E-state index contributed by atoms with van der Waals surface area (Å²) in [5.41, 5.74) is 9.10. The third-order valence-electron chi connectivity index (χ3n) is 4.65. The van der Waals surface area contributed by atoms with Gasteiger partial charge in [-0.2, -0.15) is 5.10 Å². The lowest BCUT2D eigenvalue weighted by Crippen LogP contribution is -2.37. The molecule has 0 unspecified atom stereocenters. The Morgan fingerprint density at radius 1 is 1.22 bits per heavy atom. The molecule has 3 rings (SSSR count). The van der Waals surface area contributed by atoms with E-state index < -0.39 is 18.4 Å². The molecule has 0 atom stereocenters. The van der Waals surface area contributed by atoms with Gasteiger partial charge in [0.25, 0.3) is 5.91 Å². The van der Waals surface area contributed by atoms with Crippen molar-refractivity contribution in [2.45, 2.75) is 13.5 Å². The number of aliphatic imine (C=N–C) groups is 1. The van der Waals surface area contributed by atoms with Crippen molar-refractivity contribution < 1.29 is 19.8 Å². The standard InChI is InChI=1S/C23H23N5O4/c1-2-27-28-14-16-10-15(17(11-24)12-25-18-6-4-3-5-7-18)8-9-19(16)22(31)21(28)23(32)26-13-20(29)30/h2-12,31H,13-14,24H2,1H3,(H,26,32)(H,29,30)/b17-11+,25-12?,27-2-. The number of rotatable bonds is 7. The molecule has 0 aliphatic carbocycles. The molecule has 0 radical (unpaired) electrons. The molecule has 0 saturated carbocycles. The summed E-state index contributed by atoms with van der Waals surface area (Å²) in [4.78, 5) is 27.7. The lowest BCUT2D eigenvalue weighted by Gasteiger charge is -2.28. The van der Waals surface area contributed by atoms with Gasteiger partial charge in [0.1, 0.15) is 6.54 Å². The van der Waals surface area contributed by atoms with Gasteiger partial charge in [-0.15, -0.1) is 0 Å². The number of nitrogens with zero attached hydrogens (tertiary/aromatic N) is 3. The number of aliphatic hydroxyl groups is 1. The fourth-order valence-electron chi connectivity index (χ4n) is 3.20. The van der Waals surface area contributed by atoms with Gasteiger partial charge in [0.15, 0.2) is 11.5 Å². The van der Waals surface area contributed by atoms with Crippen LogP contribution < -0.4 is 11.1 Å². The van der Waals surface area contributed by atoms with Crippen molar-refractivity contribution in [3.63, 3.8) is 0 Å². The normalized spacial score (nSPS) is 14.2. The van der Waals surface area contributed by atoms with E-state index >= 15 is 0 Å². The molecule has 32 heavy (non-hydrogen) atoms. The highest BCUT2D eigenvalue weighted by Gasteiger charge is 2.30. The number of hydrogen-bond acceptors (Lipinski definition) is 7. The molecule has 1 aliphatic rings. The number of nitrogens with one attached hydrogen (secondary N) is 1. The Bertz CT molecular complexity index is 1140. The average molecular weight is 433 g/mol. The van der Waals surface area contributed by atoms with Crippen LogP contribution >= 0.6 is 0 Å². The molecular formula is C23H23N5O4. The third kappa shape index (κ3) is 5.01. The first-order valence-electron chi connectivity index (χ1n) is 9.78. The number of carboxylic acids is 1. The van der Waals surface area contributed by atoms with Crippen LogP contribution in [0, 0.1) is 0 Å². The average Bonchev–Trinajstić information content (AvgIpc) is 2.79. The molecule has 1 amide bonds. The second-order valence-electron chi connectivity index (χ2n) is 6.79. The Morgan fingerprint density at radius 3 is 2.62 bits per heavy atom. The number of allylic oxidation sites excluding steroid dienone is 1. The van der Waals surface area contributed by atoms with Crippen LogP contribution in [0.3, 0.4) is 0 Å². The molecule has 2 aromatic rings. The molecule has 164 valence electrons. The topological polar surface area (TPSA) is 141 Å². The summed E-state index contributed by atoms with van der Waals surface area (Å²) in [6, 6.07) is 14.7. The van der Waals surface area contributed by atoms with E-state index in [1.54, 1.807) is 25.3 Å². The molecular weight excluding hydrogens is 410 g/mol. The summed E-state index contributed by atoms with van der Waals surface area (Å²) in [6.45, 7) is 1.29. The van der Waals surface area contributed by atoms with Crippen LogP contribution in [0.1, 0.15) is 23.6 Å². The van der Waals surface area contributed by atoms with Crippen LogP contribution in [0.4, 0.5) is 5.69 Å². The molecule has 1 aliphatic heterocycles. The summed E-state index contributed by atoms with van der Waals surface area (Å²) in [5.74, 6) is -2.21. The lowest BCUT2D eigenvalue weighted by atomic mass is 9.95. The zero-order valence-corrected chi connectivity index (χ0v) is 17.4. The maximum atomic E-state index is 12.5. The number of nitrogens with two attached hydrogens (primary N) is 1. The minimum Gasteiger partial charge on any atom is -0.505 e. The number of carbonyl (C=O) groups is 2. The van der Waals surface area contributed by atoms with Crippen molar-refractivity contribution in [1.82, 2.24) is 10.3 Å². The van der Waals surface area contributed by atoms with Crippen LogP contribution in [0.5, 0.6) is 0 Å². The van der Waals surface area contributed by atoms with E-state index in [1.165, 1.54) is 17.4 Å². The minimum absolute atomic E-state index is 0.121. The first-order chi connectivity index (χ1) is 15.4. The molecule has 0 saturated heterocycles.